The Balaban J connectivity index is 2.55. The van der Waals surface area contributed by atoms with Crippen molar-refractivity contribution >= 4 is 0 Å². The molecule has 0 spiro atoms. The number of rotatable bonds is 0. The third-order valence-corrected chi connectivity index (χ3v) is 2.87. The van der Waals surface area contributed by atoms with E-state index in [0.717, 1.165) is 0 Å². The second-order valence-electron chi connectivity index (χ2n) is 3.64. The Morgan fingerprint density at radius 2 is 2.20 bits per heavy atom. The highest BCUT2D eigenvalue weighted by molar-refractivity contribution is 5.42. The van der Waals surface area contributed by atoms with Crippen LogP contribution in [0.3, 0.4) is 0 Å². The van der Waals surface area contributed by atoms with E-state index >= 15 is 0 Å². The van der Waals surface area contributed by atoms with Crippen LogP contribution in [-0.4, -0.2) is 0 Å². The van der Waals surface area contributed by atoms with Gasteiger partial charge in [-0.2, -0.15) is 0 Å². The van der Waals surface area contributed by atoms with Gasteiger partial charge in [0.2, 0.25) is 0 Å². The van der Waals surface area contributed by atoms with Crippen LogP contribution < -0.4 is 0 Å². The van der Waals surface area contributed by atoms with Crippen LogP contribution in [0.15, 0.2) is 16.7 Å². The van der Waals surface area contributed by atoms with Gasteiger partial charge in [-0.3, -0.25) is 0 Å². The van der Waals surface area contributed by atoms with Crippen molar-refractivity contribution in [1.29, 1.82) is 0 Å². The van der Waals surface area contributed by atoms with E-state index in [-0.39, 0.29) is 0 Å². The van der Waals surface area contributed by atoms with E-state index in [4.69, 9.17) is 4.42 Å². The van der Waals surface area contributed by atoms with Crippen LogP contribution >= 0.6 is 0 Å². The fraction of sp³-hybridized carbons (Fsp3) is 0.556. The summed E-state index contributed by atoms with van der Waals surface area (Å²) in [4.78, 5) is 0. The number of furan rings is 1. The van der Waals surface area contributed by atoms with Crippen molar-refractivity contribution in [2.75, 3.05) is 0 Å². The van der Waals surface area contributed by atoms with Gasteiger partial charge in [-0.1, -0.05) is 20.8 Å². The lowest BCUT2D eigenvalue weighted by Gasteiger charge is -2.40. The maximum atomic E-state index is 5.30. The van der Waals surface area contributed by atoms with Gasteiger partial charge in [-0.15, -0.1) is 0 Å². The average Bonchev–Trinajstić information content (AvgIpc) is 2.31. The normalized spacial score (nSPS) is 27.3. The summed E-state index contributed by atoms with van der Waals surface area (Å²) < 4.78 is 5.30. The third-order valence-electron chi connectivity index (χ3n) is 2.87. The van der Waals surface area contributed by atoms with E-state index < -0.39 is 0 Å². The lowest BCUT2D eigenvalue weighted by molar-refractivity contribution is 0.299. The lowest BCUT2D eigenvalue weighted by atomic mass is 9.63. The maximum Gasteiger partial charge on any atom is 0.111 e. The second-order valence-corrected chi connectivity index (χ2v) is 3.64. The molecule has 1 aromatic heterocycles. The molecule has 0 unspecified atom stereocenters. The first kappa shape index (κ1) is 6.02. The zero-order valence-corrected chi connectivity index (χ0v) is 6.64. The van der Waals surface area contributed by atoms with E-state index in [9.17, 15) is 0 Å². The molecule has 1 aromatic rings. The molecule has 0 aliphatic heterocycles. The Bertz CT molecular complexity index is 257. The average molecular weight is 136 g/mol. The Hall–Kier alpha value is -0.720. The zero-order chi connectivity index (χ0) is 7.35. The first-order valence-corrected chi connectivity index (χ1v) is 3.72. The highest BCUT2D eigenvalue weighted by atomic mass is 16.3. The van der Waals surface area contributed by atoms with Crippen molar-refractivity contribution < 1.29 is 4.42 Å². The molecule has 0 saturated heterocycles. The molecular weight excluding hydrogens is 124 g/mol. The monoisotopic (exact) mass is 136 g/mol. The van der Waals surface area contributed by atoms with E-state index in [2.05, 4.69) is 26.8 Å². The summed E-state index contributed by atoms with van der Waals surface area (Å²) in [6.45, 7) is 6.73. The van der Waals surface area contributed by atoms with Crippen molar-refractivity contribution in [3.05, 3.63) is 23.7 Å². The third kappa shape index (κ3) is 0.449. The van der Waals surface area contributed by atoms with Gasteiger partial charge in [-0.05, 0) is 6.07 Å². The molecule has 0 aromatic carbocycles. The van der Waals surface area contributed by atoms with Crippen molar-refractivity contribution in [2.24, 2.45) is 0 Å². The minimum Gasteiger partial charge on any atom is -0.469 e. The first-order valence-electron chi connectivity index (χ1n) is 3.72. The number of hydrogen-bond donors (Lipinski definition) is 0. The summed E-state index contributed by atoms with van der Waals surface area (Å²) in [5.74, 6) is 1.78. The largest absolute Gasteiger partial charge is 0.469 e. The van der Waals surface area contributed by atoms with E-state index in [0.29, 0.717) is 11.3 Å². The quantitative estimate of drug-likeness (QED) is 0.534. The Morgan fingerprint density at radius 3 is 2.80 bits per heavy atom. The summed E-state index contributed by atoms with van der Waals surface area (Å²) >= 11 is 0. The number of fused-ring (bicyclic) bond motifs is 1. The molecule has 1 heteroatoms. The summed E-state index contributed by atoms with van der Waals surface area (Å²) in [5.41, 5.74) is 1.74. The zero-order valence-electron chi connectivity index (χ0n) is 6.64. The predicted molar refractivity (Wildman–Crippen MR) is 40.1 cm³/mol. The van der Waals surface area contributed by atoms with Gasteiger partial charge in [-0.25, -0.2) is 0 Å². The molecule has 54 valence electrons. The summed E-state index contributed by atoms with van der Waals surface area (Å²) in [6.07, 6.45) is 1.79. The second kappa shape index (κ2) is 1.47. The lowest BCUT2D eigenvalue weighted by Crippen LogP contribution is -2.34. The van der Waals surface area contributed by atoms with Crippen LogP contribution in [0.5, 0.6) is 0 Å². The maximum absolute atomic E-state index is 5.30. The highest BCUT2D eigenvalue weighted by Gasteiger charge is 2.44. The van der Waals surface area contributed by atoms with E-state index in [1.54, 1.807) is 6.26 Å². The van der Waals surface area contributed by atoms with Crippen LogP contribution in [0.4, 0.5) is 0 Å². The Morgan fingerprint density at radius 1 is 1.50 bits per heavy atom. The van der Waals surface area contributed by atoms with Crippen molar-refractivity contribution in [3.8, 4) is 0 Å². The molecule has 0 radical (unpaired) electrons. The molecule has 0 N–H and O–H groups in total. The van der Waals surface area contributed by atoms with Crippen LogP contribution in [0, 0.1) is 0 Å². The molecule has 1 aliphatic carbocycles. The first-order chi connectivity index (χ1) is 4.64. The molecule has 0 amide bonds. The van der Waals surface area contributed by atoms with Crippen molar-refractivity contribution in [1.82, 2.24) is 0 Å². The molecule has 0 saturated carbocycles. The molecule has 10 heavy (non-hydrogen) atoms. The Labute approximate surface area is 61.0 Å². The SMILES string of the molecule is C[C@H]1c2occc2C1(C)C. The molecule has 1 heterocycles. The van der Waals surface area contributed by atoms with Crippen LogP contribution in [-0.2, 0) is 5.41 Å². The van der Waals surface area contributed by atoms with E-state index in [1.807, 2.05) is 0 Å². The van der Waals surface area contributed by atoms with Gasteiger partial charge in [0.25, 0.3) is 0 Å². The fourth-order valence-electron chi connectivity index (χ4n) is 1.67. The summed E-state index contributed by atoms with van der Waals surface area (Å²) in [7, 11) is 0. The summed E-state index contributed by atoms with van der Waals surface area (Å²) in [5, 5.41) is 0. The molecule has 0 bridgehead atoms. The van der Waals surface area contributed by atoms with Crippen LogP contribution in [0.2, 0.25) is 0 Å². The number of hydrogen-bond acceptors (Lipinski definition) is 1. The van der Waals surface area contributed by atoms with Crippen LogP contribution in [0.1, 0.15) is 38.0 Å². The van der Waals surface area contributed by atoms with E-state index in [1.165, 1.54) is 11.3 Å². The van der Waals surface area contributed by atoms with Gasteiger partial charge in [0.15, 0.2) is 0 Å². The molecule has 2 rings (SSSR count). The van der Waals surface area contributed by atoms with Gasteiger partial charge in [0.1, 0.15) is 5.76 Å². The van der Waals surface area contributed by atoms with Gasteiger partial charge < -0.3 is 4.42 Å². The molecule has 0 fully saturated rings. The van der Waals surface area contributed by atoms with Crippen molar-refractivity contribution in [2.45, 2.75) is 32.1 Å². The Kier molecular flexibility index (Phi) is 0.885. The van der Waals surface area contributed by atoms with Crippen LogP contribution in [0.25, 0.3) is 0 Å². The molecule has 1 atom stereocenters. The van der Waals surface area contributed by atoms with Crippen molar-refractivity contribution in [3.63, 3.8) is 0 Å². The van der Waals surface area contributed by atoms with Gasteiger partial charge in [0.05, 0.1) is 6.26 Å². The van der Waals surface area contributed by atoms with Gasteiger partial charge in [0, 0.05) is 16.9 Å². The molecular formula is C9H12O. The smallest absolute Gasteiger partial charge is 0.111 e. The standard InChI is InChI=1S/C9H12O/c1-6-8-7(4-5-10-8)9(6,2)3/h4-6H,1-3H3/t6-/m0/s1. The molecule has 1 aliphatic rings. The predicted octanol–water partition coefficient (Wildman–Crippen LogP) is 2.67. The summed E-state index contributed by atoms with van der Waals surface area (Å²) in [6, 6.07) is 2.08. The van der Waals surface area contributed by atoms with Gasteiger partial charge >= 0.3 is 0 Å². The minimum absolute atomic E-state index is 0.350. The minimum atomic E-state index is 0.350. The topological polar surface area (TPSA) is 13.1 Å². The fourth-order valence-corrected chi connectivity index (χ4v) is 1.67. The molecule has 1 nitrogen and oxygen atoms in total. The highest BCUT2D eigenvalue weighted by Crippen LogP contribution is 2.51.